The molecule has 2 aromatic carbocycles. The summed E-state index contributed by atoms with van der Waals surface area (Å²) < 4.78 is 49.0. The molecule has 0 fully saturated rings. The van der Waals surface area contributed by atoms with Crippen LogP contribution in [0.4, 0.5) is 18.0 Å². The Labute approximate surface area is 163 Å². The van der Waals surface area contributed by atoms with Crippen molar-refractivity contribution in [2.24, 2.45) is 0 Å². The van der Waals surface area contributed by atoms with E-state index in [1.165, 1.54) is 24.3 Å². The highest BCUT2D eigenvalue weighted by Crippen LogP contribution is 2.15. The molecule has 2 rings (SSSR count). The molecule has 29 heavy (non-hydrogen) atoms. The topological polar surface area (TPSA) is 93.7 Å². The van der Waals surface area contributed by atoms with Crippen LogP contribution in [0.5, 0.6) is 5.75 Å². The van der Waals surface area contributed by atoms with Gasteiger partial charge in [0.15, 0.2) is 17.5 Å². The maximum Gasteiger partial charge on any atom is 0.513 e. The minimum absolute atomic E-state index is 0.00303. The van der Waals surface area contributed by atoms with E-state index in [1.807, 2.05) is 0 Å². The zero-order chi connectivity index (χ0) is 21.4. The standard InChI is InChI=1S/C19H17F3N2O5/c1-2-28-19(27)29-12-5-3-11(4-6-12)17(25)23-9-10-24-18(26)13-7-8-14(20)16(22)15(13)21/h3-8H,2,9-10H2,1H3,(H,23,25)(H,24,26). The predicted octanol–water partition coefficient (Wildman–Crippen LogP) is 2.80. The number of carbonyl (C=O) groups is 3. The predicted molar refractivity (Wildman–Crippen MR) is 95.1 cm³/mol. The Morgan fingerprint density at radius 3 is 2.10 bits per heavy atom. The molecule has 2 N–H and O–H groups in total. The first-order chi connectivity index (χ1) is 13.8. The molecule has 0 aromatic heterocycles. The van der Waals surface area contributed by atoms with Gasteiger partial charge in [0.05, 0.1) is 12.2 Å². The quantitative estimate of drug-likeness (QED) is 0.317. The van der Waals surface area contributed by atoms with Crippen LogP contribution >= 0.6 is 0 Å². The fourth-order valence-corrected chi connectivity index (χ4v) is 2.17. The zero-order valence-electron chi connectivity index (χ0n) is 15.3. The van der Waals surface area contributed by atoms with Crippen LogP contribution in [-0.4, -0.2) is 37.7 Å². The molecule has 10 heteroatoms. The van der Waals surface area contributed by atoms with Gasteiger partial charge in [0.1, 0.15) is 5.75 Å². The Hall–Kier alpha value is -3.56. The molecule has 154 valence electrons. The summed E-state index contributed by atoms with van der Waals surface area (Å²) in [6, 6.07) is 7.10. The summed E-state index contributed by atoms with van der Waals surface area (Å²) in [5.41, 5.74) is -0.383. The van der Waals surface area contributed by atoms with Crippen molar-refractivity contribution in [3.05, 3.63) is 65.0 Å². The summed E-state index contributed by atoms with van der Waals surface area (Å²) in [7, 11) is 0. The lowest BCUT2D eigenvalue weighted by atomic mass is 10.2. The molecule has 2 amide bonds. The summed E-state index contributed by atoms with van der Waals surface area (Å²) >= 11 is 0. The summed E-state index contributed by atoms with van der Waals surface area (Å²) in [4.78, 5) is 35.0. The van der Waals surface area contributed by atoms with Gasteiger partial charge in [-0.2, -0.15) is 0 Å². The maximum absolute atomic E-state index is 13.5. The van der Waals surface area contributed by atoms with E-state index in [-0.39, 0.29) is 31.0 Å². The van der Waals surface area contributed by atoms with Crippen molar-refractivity contribution in [1.82, 2.24) is 10.6 Å². The molecule has 0 heterocycles. The number of hydrogen-bond acceptors (Lipinski definition) is 5. The molecule has 0 radical (unpaired) electrons. The summed E-state index contributed by atoms with van der Waals surface area (Å²) in [6.45, 7) is 1.72. The smallest absolute Gasteiger partial charge is 0.434 e. The van der Waals surface area contributed by atoms with Gasteiger partial charge in [0.25, 0.3) is 11.8 Å². The van der Waals surface area contributed by atoms with Crippen LogP contribution in [0.3, 0.4) is 0 Å². The Morgan fingerprint density at radius 1 is 0.862 bits per heavy atom. The van der Waals surface area contributed by atoms with E-state index in [9.17, 15) is 27.6 Å². The van der Waals surface area contributed by atoms with Crippen molar-refractivity contribution < 1.29 is 37.0 Å². The van der Waals surface area contributed by atoms with Crippen LogP contribution in [0.25, 0.3) is 0 Å². The van der Waals surface area contributed by atoms with Crippen LogP contribution in [0.1, 0.15) is 27.6 Å². The fraction of sp³-hybridized carbons (Fsp3) is 0.211. The average molecular weight is 410 g/mol. The van der Waals surface area contributed by atoms with Gasteiger partial charge in [-0.05, 0) is 43.3 Å². The summed E-state index contributed by atoms with van der Waals surface area (Å²) in [5.74, 6) is -5.94. The van der Waals surface area contributed by atoms with Crippen molar-refractivity contribution in [1.29, 1.82) is 0 Å². The minimum atomic E-state index is -1.73. The number of hydrogen-bond donors (Lipinski definition) is 2. The van der Waals surface area contributed by atoms with E-state index in [4.69, 9.17) is 4.74 Å². The summed E-state index contributed by atoms with van der Waals surface area (Å²) in [5, 5.41) is 4.79. The minimum Gasteiger partial charge on any atom is -0.434 e. The number of ether oxygens (including phenoxy) is 2. The molecule has 0 unspecified atom stereocenters. The second kappa shape index (κ2) is 10.1. The van der Waals surface area contributed by atoms with Gasteiger partial charge >= 0.3 is 6.16 Å². The lowest BCUT2D eigenvalue weighted by molar-refractivity contribution is 0.0924. The van der Waals surface area contributed by atoms with Crippen molar-refractivity contribution >= 4 is 18.0 Å². The molecule has 0 aliphatic rings. The van der Waals surface area contributed by atoms with Gasteiger partial charge in [0, 0.05) is 18.7 Å². The van der Waals surface area contributed by atoms with Crippen LogP contribution < -0.4 is 15.4 Å². The molecule has 0 aliphatic heterocycles. The first-order valence-electron chi connectivity index (χ1n) is 8.48. The Morgan fingerprint density at radius 2 is 1.48 bits per heavy atom. The molecule has 0 bridgehead atoms. The third kappa shape index (κ3) is 5.96. The highest BCUT2D eigenvalue weighted by atomic mass is 19.2. The first-order valence-corrected chi connectivity index (χ1v) is 8.48. The molecule has 0 atom stereocenters. The van der Waals surface area contributed by atoms with Crippen molar-refractivity contribution in [3.8, 4) is 5.75 Å². The molecule has 0 saturated heterocycles. The number of benzene rings is 2. The van der Waals surface area contributed by atoms with Gasteiger partial charge in [-0.1, -0.05) is 0 Å². The van der Waals surface area contributed by atoms with Gasteiger partial charge in [-0.15, -0.1) is 0 Å². The zero-order valence-corrected chi connectivity index (χ0v) is 15.3. The van der Waals surface area contributed by atoms with Gasteiger partial charge in [-0.3, -0.25) is 9.59 Å². The van der Waals surface area contributed by atoms with E-state index in [1.54, 1.807) is 6.92 Å². The second-order valence-electron chi connectivity index (χ2n) is 5.54. The Balaban J connectivity index is 1.80. The average Bonchev–Trinajstić information content (AvgIpc) is 2.70. The third-order valence-electron chi connectivity index (χ3n) is 3.56. The van der Waals surface area contributed by atoms with Gasteiger partial charge < -0.3 is 20.1 Å². The SMILES string of the molecule is CCOC(=O)Oc1ccc(C(=O)NCCNC(=O)c2ccc(F)c(F)c2F)cc1. The molecule has 2 aromatic rings. The van der Waals surface area contributed by atoms with Crippen LogP contribution in [-0.2, 0) is 4.74 Å². The number of amides is 2. The van der Waals surface area contributed by atoms with Crippen LogP contribution in [0.2, 0.25) is 0 Å². The first kappa shape index (κ1) is 21.7. The lowest BCUT2D eigenvalue weighted by Gasteiger charge is -2.09. The van der Waals surface area contributed by atoms with E-state index >= 15 is 0 Å². The number of carbonyl (C=O) groups excluding carboxylic acids is 3. The molecule has 0 saturated carbocycles. The molecule has 0 aliphatic carbocycles. The van der Waals surface area contributed by atoms with E-state index in [2.05, 4.69) is 15.4 Å². The van der Waals surface area contributed by atoms with E-state index < -0.39 is 41.0 Å². The van der Waals surface area contributed by atoms with Crippen molar-refractivity contribution in [3.63, 3.8) is 0 Å². The molecule has 7 nitrogen and oxygen atoms in total. The number of rotatable bonds is 7. The highest BCUT2D eigenvalue weighted by molar-refractivity contribution is 5.95. The number of nitrogens with one attached hydrogen (secondary N) is 2. The van der Waals surface area contributed by atoms with E-state index in [0.717, 1.165) is 6.07 Å². The monoisotopic (exact) mass is 410 g/mol. The van der Waals surface area contributed by atoms with Gasteiger partial charge in [0.2, 0.25) is 0 Å². The second-order valence-corrected chi connectivity index (χ2v) is 5.54. The molecule has 0 spiro atoms. The van der Waals surface area contributed by atoms with Crippen LogP contribution in [0, 0.1) is 17.5 Å². The maximum atomic E-state index is 13.5. The third-order valence-corrected chi connectivity index (χ3v) is 3.56. The number of halogens is 3. The van der Waals surface area contributed by atoms with Gasteiger partial charge in [-0.25, -0.2) is 18.0 Å². The largest absolute Gasteiger partial charge is 0.513 e. The summed E-state index contributed by atoms with van der Waals surface area (Å²) in [6.07, 6.45) is -0.863. The normalized spacial score (nSPS) is 10.2. The molecular formula is C19H17F3N2O5. The Kier molecular flexibility index (Phi) is 7.58. The Bertz CT molecular complexity index is 903. The molecular weight excluding hydrogens is 393 g/mol. The van der Waals surface area contributed by atoms with Crippen LogP contribution in [0.15, 0.2) is 36.4 Å². The fourth-order valence-electron chi connectivity index (χ4n) is 2.17. The lowest BCUT2D eigenvalue weighted by Crippen LogP contribution is -2.35. The highest BCUT2D eigenvalue weighted by Gasteiger charge is 2.18. The van der Waals surface area contributed by atoms with E-state index in [0.29, 0.717) is 6.07 Å². The van der Waals surface area contributed by atoms with Crippen molar-refractivity contribution in [2.45, 2.75) is 6.92 Å². The van der Waals surface area contributed by atoms with Crippen molar-refractivity contribution in [2.75, 3.05) is 19.7 Å².